The zero-order valence-corrected chi connectivity index (χ0v) is 11.3. The van der Waals surface area contributed by atoms with Gasteiger partial charge in [0.15, 0.2) is 5.76 Å². The van der Waals surface area contributed by atoms with Crippen molar-refractivity contribution < 1.29 is 9.57 Å². The topological polar surface area (TPSA) is 21.7 Å². The maximum absolute atomic E-state index is 5.81. The molecular formula is C15H16ClNO2. The van der Waals surface area contributed by atoms with Crippen LogP contribution in [0.2, 0.25) is 5.02 Å². The molecule has 4 heteroatoms. The van der Waals surface area contributed by atoms with Crippen LogP contribution in [0.15, 0.2) is 61.0 Å². The Balaban J connectivity index is 1.67. The summed E-state index contributed by atoms with van der Waals surface area (Å²) < 4.78 is 5.53. The Morgan fingerprint density at radius 1 is 1.26 bits per heavy atom. The maximum atomic E-state index is 5.81. The number of rotatable bonds is 6. The molecule has 100 valence electrons. The highest BCUT2D eigenvalue weighted by Gasteiger charge is 2.04. The molecule has 1 heterocycles. The minimum absolute atomic E-state index is 0.358. The third-order valence-electron chi connectivity index (χ3n) is 2.48. The fourth-order valence-corrected chi connectivity index (χ4v) is 1.70. The second-order valence-electron chi connectivity index (χ2n) is 4.12. The molecule has 0 saturated carbocycles. The highest BCUT2D eigenvalue weighted by atomic mass is 35.5. The van der Waals surface area contributed by atoms with Crippen molar-refractivity contribution in [3.63, 3.8) is 0 Å². The average Bonchev–Trinajstić information content (AvgIpc) is 2.42. The zero-order valence-electron chi connectivity index (χ0n) is 10.6. The van der Waals surface area contributed by atoms with Gasteiger partial charge >= 0.3 is 0 Å². The molecule has 1 aromatic rings. The summed E-state index contributed by atoms with van der Waals surface area (Å²) in [7, 11) is 0. The van der Waals surface area contributed by atoms with Gasteiger partial charge < -0.3 is 9.57 Å². The van der Waals surface area contributed by atoms with Crippen molar-refractivity contribution in [1.29, 1.82) is 0 Å². The second kappa shape index (κ2) is 7.02. The molecule has 1 aliphatic heterocycles. The number of ether oxygens (including phenoxy) is 1. The van der Waals surface area contributed by atoms with Gasteiger partial charge in [0.2, 0.25) is 0 Å². The van der Waals surface area contributed by atoms with Gasteiger partial charge in [-0.05, 0) is 23.8 Å². The predicted molar refractivity (Wildman–Crippen MR) is 76.3 cm³/mol. The summed E-state index contributed by atoms with van der Waals surface area (Å²) in [6.07, 6.45) is 7.73. The van der Waals surface area contributed by atoms with E-state index in [1.165, 1.54) is 0 Å². The number of nitrogens with zero attached hydrogens (tertiary/aromatic N) is 1. The number of hydrogen-bond donors (Lipinski definition) is 0. The van der Waals surface area contributed by atoms with Crippen LogP contribution in [0.1, 0.15) is 5.56 Å². The highest BCUT2D eigenvalue weighted by Crippen LogP contribution is 2.11. The standard InChI is InChI=1S/C15H16ClNO2/c1-13(19-17-9-3-2-4-10-17)11-18-12-14-5-7-15(16)8-6-14/h2-9H,1,10-12H2. The van der Waals surface area contributed by atoms with Crippen LogP contribution < -0.4 is 0 Å². The Hall–Kier alpha value is -1.71. The molecule has 0 bridgehead atoms. The lowest BCUT2D eigenvalue weighted by Crippen LogP contribution is -2.20. The smallest absolute Gasteiger partial charge is 0.150 e. The van der Waals surface area contributed by atoms with Crippen LogP contribution in [-0.2, 0) is 16.2 Å². The summed E-state index contributed by atoms with van der Waals surface area (Å²) >= 11 is 5.81. The lowest BCUT2D eigenvalue weighted by atomic mass is 10.2. The average molecular weight is 278 g/mol. The molecule has 0 unspecified atom stereocenters. The van der Waals surface area contributed by atoms with Crippen molar-refractivity contribution in [1.82, 2.24) is 5.06 Å². The lowest BCUT2D eigenvalue weighted by Gasteiger charge is -2.21. The van der Waals surface area contributed by atoms with Gasteiger partial charge in [-0.3, -0.25) is 0 Å². The molecule has 3 nitrogen and oxygen atoms in total. The Bertz CT molecular complexity index is 479. The molecule has 0 radical (unpaired) electrons. The molecule has 0 N–H and O–H groups in total. The summed E-state index contributed by atoms with van der Waals surface area (Å²) in [6.45, 7) is 5.41. The summed E-state index contributed by atoms with van der Waals surface area (Å²) in [5.74, 6) is 0.578. The second-order valence-corrected chi connectivity index (χ2v) is 4.55. The van der Waals surface area contributed by atoms with Gasteiger partial charge in [-0.2, -0.15) is 0 Å². The summed E-state index contributed by atoms with van der Waals surface area (Å²) in [4.78, 5) is 5.50. The highest BCUT2D eigenvalue weighted by molar-refractivity contribution is 6.30. The first-order valence-corrected chi connectivity index (χ1v) is 6.40. The SMILES string of the molecule is C=C(COCc1ccc(Cl)cc1)ON1C=CC=CC1. The summed E-state index contributed by atoms with van der Waals surface area (Å²) in [5, 5.41) is 2.43. The van der Waals surface area contributed by atoms with Crippen LogP contribution in [-0.4, -0.2) is 18.2 Å². The molecule has 2 rings (SSSR count). The largest absolute Gasteiger partial charge is 0.382 e. The van der Waals surface area contributed by atoms with Gasteiger partial charge in [-0.25, -0.2) is 5.06 Å². The molecule has 0 saturated heterocycles. The van der Waals surface area contributed by atoms with E-state index in [1.807, 2.05) is 48.7 Å². The van der Waals surface area contributed by atoms with E-state index >= 15 is 0 Å². The third kappa shape index (κ3) is 4.81. The van der Waals surface area contributed by atoms with Crippen LogP contribution in [0.5, 0.6) is 0 Å². The van der Waals surface area contributed by atoms with Crippen LogP contribution in [0.3, 0.4) is 0 Å². The molecular weight excluding hydrogens is 262 g/mol. The Labute approximate surface area is 118 Å². The Kier molecular flexibility index (Phi) is 5.07. The Morgan fingerprint density at radius 2 is 2.05 bits per heavy atom. The van der Waals surface area contributed by atoms with Gasteiger partial charge in [-0.1, -0.05) is 42.5 Å². The van der Waals surface area contributed by atoms with Gasteiger partial charge in [0.05, 0.1) is 13.2 Å². The number of benzene rings is 1. The quantitative estimate of drug-likeness (QED) is 0.740. The van der Waals surface area contributed by atoms with E-state index in [0.29, 0.717) is 25.5 Å². The minimum Gasteiger partial charge on any atom is -0.382 e. The van der Waals surface area contributed by atoms with Gasteiger partial charge in [-0.15, -0.1) is 0 Å². The molecule has 19 heavy (non-hydrogen) atoms. The molecule has 0 spiro atoms. The first-order chi connectivity index (χ1) is 9.24. The fraction of sp³-hybridized carbons (Fsp3) is 0.200. The first kappa shape index (κ1) is 13.7. The molecule has 0 fully saturated rings. The molecule has 0 atom stereocenters. The van der Waals surface area contributed by atoms with Crippen LogP contribution in [0.25, 0.3) is 0 Å². The predicted octanol–water partition coefficient (Wildman–Crippen LogP) is 3.69. The fourth-order valence-electron chi connectivity index (χ4n) is 1.57. The van der Waals surface area contributed by atoms with Crippen LogP contribution in [0.4, 0.5) is 0 Å². The van der Waals surface area contributed by atoms with Crippen molar-refractivity contribution in [2.24, 2.45) is 0 Å². The normalized spacial score (nSPS) is 13.6. The van der Waals surface area contributed by atoms with Gasteiger partial charge in [0.1, 0.15) is 6.61 Å². The van der Waals surface area contributed by atoms with Crippen molar-refractivity contribution in [2.45, 2.75) is 6.61 Å². The van der Waals surface area contributed by atoms with E-state index in [2.05, 4.69) is 6.58 Å². The van der Waals surface area contributed by atoms with E-state index in [4.69, 9.17) is 21.2 Å². The minimum atomic E-state index is 0.358. The maximum Gasteiger partial charge on any atom is 0.150 e. The molecule has 0 amide bonds. The zero-order chi connectivity index (χ0) is 13.5. The lowest BCUT2D eigenvalue weighted by molar-refractivity contribution is -0.0831. The van der Waals surface area contributed by atoms with Gasteiger partial charge in [0, 0.05) is 11.2 Å². The van der Waals surface area contributed by atoms with E-state index < -0.39 is 0 Å². The van der Waals surface area contributed by atoms with Crippen molar-refractivity contribution >= 4 is 11.6 Å². The molecule has 1 aromatic carbocycles. The molecule has 1 aliphatic rings. The molecule has 0 aliphatic carbocycles. The van der Waals surface area contributed by atoms with E-state index in [-0.39, 0.29) is 0 Å². The van der Waals surface area contributed by atoms with E-state index in [9.17, 15) is 0 Å². The third-order valence-corrected chi connectivity index (χ3v) is 2.73. The van der Waals surface area contributed by atoms with E-state index in [1.54, 1.807) is 5.06 Å². The number of halogens is 1. The van der Waals surface area contributed by atoms with Crippen molar-refractivity contribution in [3.8, 4) is 0 Å². The monoisotopic (exact) mass is 277 g/mol. The Morgan fingerprint density at radius 3 is 2.74 bits per heavy atom. The number of hydrogen-bond acceptors (Lipinski definition) is 3. The van der Waals surface area contributed by atoms with E-state index in [0.717, 1.165) is 10.6 Å². The number of hydroxylamine groups is 2. The molecule has 0 aromatic heterocycles. The van der Waals surface area contributed by atoms with Crippen LogP contribution >= 0.6 is 11.6 Å². The summed E-state index contributed by atoms with van der Waals surface area (Å²) in [6, 6.07) is 7.56. The van der Waals surface area contributed by atoms with Crippen LogP contribution in [0, 0.1) is 0 Å². The van der Waals surface area contributed by atoms with Crippen molar-refractivity contribution in [3.05, 3.63) is 71.6 Å². The van der Waals surface area contributed by atoms with Crippen molar-refractivity contribution in [2.75, 3.05) is 13.2 Å². The summed E-state index contributed by atoms with van der Waals surface area (Å²) in [5.41, 5.74) is 1.07. The van der Waals surface area contributed by atoms with Gasteiger partial charge in [0.25, 0.3) is 0 Å². The first-order valence-electron chi connectivity index (χ1n) is 6.02. The number of allylic oxidation sites excluding steroid dienone is 2.